The number of nitrogens with two attached hydrogens (primary N) is 1. The number of rotatable bonds is 3. The largest absolute Gasteiger partial charge is 0.389 e. The minimum absolute atomic E-state index is 0.0289. The van der Waals surface area contributed by atoms with Gasteiger partial charge >= 0.3 is 0 Å². The summed E-state index contributed by atoms with van der Waals surface area (Å²) >= 11 is 0. The van der Waals surface area contributed by atoms with Crippen LogP contribution in [0.2, 0.25) is 0 Å². The quantitative estimate of drug-likeness (QED) is 0.691. The first-order valence-electron chi connectivity index (χ1n) is 5.94. The summed E-state index contributed by atoms with van der Waals surface area (Å²) in [5.74, 6) is 0. The van der Waals surface area contributed by atoms with E-state index in [-0.39, 0.29) is 6.04 Å². The average molecular weight is 237 g/mol. The number of aliphatic hydroxyl groups is 2. The number of hydrogen-bond donors (Lipinski definition) is 3. The lowest BCUT2D eigenvalue weighted by Gasteiger charge is -2.18. The molecule has 0 radical (unpaired) electrons. The SMILES string of the molecule is CC[C@H](N)c1ccc(N2CC(O)C(O)C2)cn1. The Morgan fingerprint density at radius 2 is 2.06 bits per heavy atom. The molecule has 1 aromatic heterocycles. The first kappa shape index (κ1) is 12.3. The van der Waals surface area contributed by atoms with E-state index >= 15 is 0 Å². The van der Waals surface area contributed by atoms with E-state index < -0.39 is 12.2 Å². The molecule has 1 aliphatic rings. The second kappa shape index (κ2) is 5.00. The van der Waals surface area contributed by atoms with Gasteiger partial charge in [0.25, 0.3) is 0 Å². The molecular formula is C12H19N3O2. The third-order valence-electron chi connectivity index (χ3n) is 3.21. The minimum Gasteiger partial charge on any atom is -0.389 e. The van der Waals surface area contributed by atoms with Gasteiger partial charge in [0.15, 0.2) is 0 Å². The van der Waals surface area contributed by atoms with Crippen molar-refractivity contribution in [2.75, 3.05) is 18.0 Å². The van der Waals surface area contributed by atoms with Crippen molar-refractivity contribution in [1.29, 1.82) is 0 Å². The van der Waals surface area contributed by atoms with Gasteiger partial charge in [0, 0.05) is 19.1 Å². The zero-order valence-electron chi connectivity index (χ0n) is 9.95. The van der Waals surface area contributed by atoms with Crippen LogP contribution in [0.3, 0.4) is 0 Å². The van der Waals surface area contributed by atoms with Crippen LogP contribution in [0.1, 0.15) is 25.1 Å². The van der Waals surface area contributed by atoms with Crippen LogP contribution in [-0.4, -0.2) is 40.5 Å². The molecule has 4 N–H and O–H groups in total. The number of hydrogen-bond acceptors (Lipinski definition) is 5. The molecule has 5 nitrogen and oxygen atoms in total. The van der Waals surface area contributed by atoms with Gasteiger partial charge in [-0.15, -0.1) is 0 Å². The molecule has 5 heteroatoms. The first-order chi connectivity index (χ1) is 8.11. The molecule has 0 bridgehead atoms. The van der Waals surface area contributed by atoms with Gasteiger partial charge in [-0.1, -0.05) is 6.92 Å². The van der Waals surface area contributed by atoms with E-state index in [9.17, 15) is 10.2 Å². The molecule has 1 saturated heterocycles. The second-order valence-corrected chi connectivity index (χ2v) is 4.50. The smallest absolute Gasteiger partial charge is 0.0990 e. The summed E-state index contributed by atoms with van der Waals surface area (Å²) in [6.45, 7) is 2.91. The van der Waals surface area contributed by atoms with E-state index in [1.807, 2.05) is 24.0 Å². The van der Waals surface area contributed by atoms with Crippen LogP contribution < -0.4 is 10.6 Å². The number of nitrogens with zero attached hydrogens (tertiary/aromatic N) is 2. The molecule has 17 heavy (non-hydrogen) atoms. The Morgan fingerprint density at radius 3 is 2.53 bits per heavy atom. The van der Waals surface area contributed by atoms with Gasteiger partial charge in [-0.05, 0) is 18.6 Å². The van der Waals surface area contributed by atoms with E-state index in [1.165, 1.54) is 0 Å². The summed E-state index contributed by atoms with van der Waals surface area (Å²) in [5.41, 5.74) is 7.67. The predicted molar refractivity (Wildman–Crippen MR) is 65.7 cm³/mol. The third-order valence-corrected chi connectivity index (χ3v) is 3.21. The van der Waals surface area contributed by atoms with E-state index in [0.717, 1.165) is 17.8 Å². The normalized spacial score (nSPS) is 26.2. The van der Waals surface area contributed by atoms with Crippen molar-refractivity contribution in [2.24, 2.45) is 5.73 Å². The highest BCUT2D eigenvalue weighted by atomic mass is 16.3. The fourth-order valence-corrected chi connectivity index (χ4v) is 1.99. The number of β-amino-alcohol motifs (C(OH)–C–C–N with tert-alkyl or cyclic N) is 2. The van der Waals surface area contributed by atoms with E-state index in [2.05, 4.69) is 4.98 Å². The zero-order valence-corrected chi connectivity index (χ0v) is 9.95. The zero-order chi connectivity index (χ0) is 12.4. The fourth-order valence-electron chi connectivity index (χ4n) is 1.99. The highest BCUT2D eigenvalue weighted by Crippen LogP contribution is 2.21. The van der Waals surface area contributed by atoms with Crippen LogP contribution in [0.25, 0.3) is 0 Å². The van der Waals surface area contributed by atoms with Crippen LogP contribution in [-0.2, 0) is 0 Å². The maximum atomic E-state index is 9.48. The van der Waals surface area contributed by atoms with Crippen molar-refractivity contribution in [3.8, 4) is 0 Å². The third kappa shape index (κ3) is 2.57. The summed E-state index contributed by atoms with van der Waals surface area (Å²) in [4.78, 5) is 6.23. The van der Waals surface area contributed by atoms with Crippen molar-refractivity contribution < 1.29 is 10.2 Å². The number of pyridine rings is 1. The molecule has 0 spiro atoms. The monoisotopic (exact) mass is 237 g/mol. The molecule has 0 amide bonds. The first-order valence-corrected chi connectivity index (χ1v) is 5.94. The molecule has 0 aromatic carbocycles. The maximum absolute atomic E-state index is 9.48. The molecule has 1 fully saturated rings. The van der Waals surface area contributed by atoms with Gasteiger partial charge in [0.2, 0.25) is 0 Å². The molecule has 2 unspecified atom stereocenters. The lowest BCUT2D eigenvalue weighted by atomic mass is 10.1. The summed E-state index contributed by atoms with van der Waals surface area (Å²) in [6.07, 6.45) is 1.25. The molecule has 0 aliphatic carbocycles. The Morgan fingerprint density at radius 1 is 1.41 bits per heavy atom. The van der Waals surface area contributed by atoms with E-state index in [4.69, 9.17) is 5.73 Å². The summed E-state index contributed by atoms with van der Waals surface area (Å²) in [6, 6.07) is 3.81. The standard InChI is InChI=1S/C12H19N3O2/c1-2-9(13)10-4-3-8(5-14-10)15-6-11(16)12(17)7-15/h3-5,9,11-12,16-17H,2,6-7,13H2,1H3/t9-,11?,12?/m0/s1. The summed E-state index contributed by atoms with van der Waals surface area (Å²) in [5, 5.41) is 19.0. The Balaban J connectivity index is 2.08. The van der Waals surface area contributed by atoms with Crippen LogP contribution in [0.5, 0.6) is 0 Å². The van der Waals surface area contributed by atoms with Gasteiger partial charge in [-0.2, -0.15) is 0 Å². The van der Waals surface area contributed by atoms with Crippen molar-refractivity contribution in [1.82, 2.24) is 4.98 Å². The fraction of sp³-hybridized carbons (Fsp3) is 0.583. The highest BCUT2D eigenvalue weighted by Gasteiger charge is 2.29. The van der Waals surface area contributed by atoms with Gasteiger partial charge in [-0.25, -0.2) is 0 Å². The van der Waals surface area contributed by atoms with E-state index in [0.29, 0.717) is 13.1 Å². The molecule has 3 atom stereocenters. The van der Waals surface area contributed by atoms with Crippen LogP contribution in [0, 0.1) is 0 Å². The molecule has 94 valence electrons. The van der Waals surface area contributed by atoms with Crippen molar-refractivity contribution in [3.63, 3.8) is 0 Å². The van der Waals surface area contributed by atoms with Gasteiger partial charge in [0.05, 0.1) is 29.8 Å². The molecule has 2 heterocycles. The van der Waals surface area contributed by atoms with Crippen molar-refractivity contribution in [3.05, 3.63) is 24.0 Å². The lowest BCUT2D eigenvalue weighted by Crippen LogP contribution is -2.22. The highest BCUT2D eigenvalue weighted by molar-refractivity contribution is 5.46. The van der Waals surface area contributed by atoms with Crippen molar-refractivity contribution in [2.45, 2.75) is 31.6 Å². The molecule has 0 saturated carbocycles. The van der Waals surface area contributed by atoms with Gasteiger partial charge < -0.3 is 20.8 Å². The number of aliphatic hydroxyl groups excluding tert-OH is 2. The molecule has 1 aromatic rings. The topological polar surface area (TPSA) is 82.6 Å². The Kier molecular flexibility index (Phi) is 3.61. The summed E-state index contributed by atoms with van der Waals surface area (Å²) in [7, 11) is 0. The maximum Gasteiger partial charge on any atom is 0.0990 e. The van der Waals surface area contributed by atoms with Gasteiger partial charge in [0.1, 0.15) is 0 Å². The Bertz CT molecular complexity index is 359. The minimum atomic E-state index is -0.674. The van der Waals surface area contributed by atoms with Gasteiger partial charge in [-0.3, -0.25) is 4.98 Å². The number of aromatic nitrogens is 1. The van der Waals surface area contributed by atoms with Crippen LogP contribution in [0.4, 0.5) is 5.69 Å². The van der Waals surface area contributed by atoms with Crippen molar-refractivity contribution >= 4 is 5.69 Å². The van der Waals surface area contributed by atoms with Crippen LogP contribution in [0.15, 0.2) is 18.3 Å². The predicted octanol–water partition coefficient (Wildman–Crippen LogP) is 0.0332. The molecule has 1 aliphatic heterocycles. The van der Waals surface area contributed by atoms with E-state index in [1.54, 1.807) is 6.20 Å². The molecule has 2 rings (SSSR count). The lowest BCUT2D eigenvalue weighted by molar-refractivity contribution is 0.0572. The second-order valence-electron chi connectivity index (χ2n) is 4.50. The average Bonchev–Trinajstić information content (AvgIpc) is 2.69. The molecular weight excluding hydrogens is 218 g/mol. The number of anilines is 1. The van der Waals surface area contributed by atoms with Crippen LogP contribution >= 0.6 is 0 Å². The summed E-state index contributed by atoms with van der Waals surface area (Å²) < 4.78 is 0. The Hall–Kier alpha value is -1.17. The Labute approximate surface area is 101 Å².